The molecule has 1 atom stereocenters. The summed E-state index contributed by atoms with van der Waals surface area (Å²) in [5.74, 6) is -0.0612. The van der Waals surface area contributed by atoms with Crippen LogP contribution in [0.2, 0.25) is 0 Å². The van der Waals surface area contributed by atoms with Crippen molar-refractivity contribution in [3.8, 4) is 0 Å². The van der Waals surface area contributed by atoms with Gasteiger partial charge in [-0.3, -0.25) is 9.59 Å². The van der Waals surface area contributed by atoms with Gasteiger partial charge in [0.2, 0.25) is 0 Å². The predicted molar refractivity (Wildman–Crippen MR) is 112 cm³/mol. The van der Waals surface area contributed by atoms with Gasteiger partial charge in [-0.1, -0.05) is 66.2 Å². The SMILES string of the molecule is Cc1ccc(C(=O)N2CCCN3C(=O)c4ccccc4[C@@]23c2ccccc2)cc1. The highest BCUT2D eigenvalue weighted by Gasteiger charge is 2.57. The van der Waals surface area contributed by atoms with Crippen molar-refractivity contribution in [2.24, 2.45) is 0 Å². The molecule has 1 fully saturated rings. The van der Waals surface area contributed by atoms with Crippen molar-refractivity contribution in [1.29, 1.82) is 0 Å². The predicted octanol–water partition coefficient (Wildman–Crippen LogP) is 4.20. The molecule has 2 heterocycles. The van der Waals surface area contributed by atoms with Crippen LogP contribution in [0.4, 0.5) is 0 Å². The summed E-state index contributed by atoms with van der Waals surface area (Å²) >= 11 is 0. The zero-order chi connectivity index (χ0) is 20.0. The smallest absolute Gasteiger partial charge is 0.256 e. The molecule has 0 aliphatic carbocycles. The number of hydrogen-bond donors (Lipinski definition) is 0. The monoisotopic (exact) mass is 382 g/mol. The highest BCUT2D eigenvalue weighted by molar-refractivity contribution is 6.03. The van der Waals surface area contributed by atoms with Gasteiger partial charge in [0, 0.05) is 35.3 Å². The van der Waals surface area contributed by atoms with Gasteiger partial charge in [0.1, 0.15) is 0 Å². The highest BCUT2D eigenvalue weighted by atomic mass is 16.2. The van der Waals surface area contributed by atoms with Gasteiger partial charge < -0.3 is 9.80 Å². The number of fused-ring (bicyclic) bond motifs is 3. The zero-order valence-corrected chi connectivity index (χ0v) is 16.3. The lowest BCUT2D eigenvalue weighted by atomic mass is 9.86. The molecule has 2 aliphatic rings. The Bertz CT molecular complexity index is 1090. The molecule has 0 bridgehead atoms. The van der Waals surface area contributed by atoms with E-state index in [9.17, 15) is 9.59 Å². The normalized spacial score (nSPS) is 20.4. The molecular weight excluding hydrogens is 360 g/mol. The van der Waals surface area contributed by atoms with Crippen LogP contribution in [0.25, 0.3) is 0 Å². The van der Waals surface area contributed by atoms with Crippen LogP contribution in [0.15, 0.2) is 78.9 Å². The summed E-state index contributed by atoms with van der Waals surface area (Å²) in [5.41, 5.74) is 3.36. The van der Waals surface area contributed by atoms with Crippen molar-refractivity contribution in [3.05, 3.63) is 107 Å². The third-order valence-electron chi connectivity index (χ3n) is 6.04. The first-order chi connectivity index (χ1) is 14.1. The van der Waals surface area contributed by atoms with E-state index in [4.69, 9.17) is 0 Å². The first-order valence-corrected chi connectivity index (χ1v) is 9.99. The van der Waals surface area contributed by atoms with E-state index < -0.39 is 5.66 Å². The quantitative estimate of drug-likeness (QED) is 0.667. The average Bonchev–Trinajstić information content (AvgIpc) is 3.04. The van der Waals surface area contributed by atoms with E-state index in [0.29, 0.717) is 24.2 Å². The van der Waals surface area contributed by atoms with E-state index in [0.717, 1.165) is 23.1 Å². The first kappa shape index (κ1) is 17.7. The van der Waals surface area contributed by atoms with E-state index >= 15 is 0 Å². The van der Waals surface area contributed by atoms with Crippen molar-refractivity contribution in [3.63, 3.8) is 0 Å². The Morgan fingerprint density at radius 2 is 1.55 bits per heavy atom. The fraction of sp³-hybridized carbons (Fsp3) is 0.200. The van der Waals surface area contributed by atoms with Crippen LogP contribution in [-0.2, 0) is 5.66 Å². The number of rotatable bonds is 2. The van der Waals surface area contributed by atoms with Crippen molar-refractivity contribution >= 4 is 11.8 Å². The minimum Gasteiger partial charge on any atom is -0.307 e. The Morgan fingerprint density at radius 1 is 0.862 bits per heavy atom. The molecule has 0 N–H and O–H groups in total. The van der Waals surface area contributed by atoms with E-state index in [2.05, 4.69) is 0 Å². The largest absolute Gasteiger partial charge is 0.307 e. The van der Waals surface area contributed by atoms with Crippen molar-refractivity contribution in [2.75, 3.05) is 13.1 Å². The summed E-state index contributed by atoms with van der Waals surface area (Å²) in [6.45, 7) is 3.23. The van der Waals surface area contributed by atoms with Gasteiger partial charge in [0.25, 0.3) is 11.8 Å². The maximum Gasteiger partial charge on any atom is 0.256 e. The lowest BCUT2D eigenvalue weighted by Crippen LogP contribution is -2.62. The van der Waals surface area contributed by atoms with Crippen LogP contribution in [-0.4, -0.2) is 34.7 Å². The molecule has 144 valence electrons. The summed E-state index contributed by atoms with van der Waals surface area (Å²) in [6.07, 6.45) is 0.756. The number of carbonyl (C=O) groups excluding carboxylic acids is 2. The lowest BCUT2D eigenvalue weighted by Gasteiger charge is -2.51. The summed E-state index contributed by atoms with van der Waals surface area (Å²) in [5, 5.41) is 0. The van der Waals surface area contributed by atoms with Crippen LogP contribution >= 0.6 is 0 Å². The third-order valence-corrected chi connectivity index (χ3v) is 6.04. The number of benzene rings is 3. The third kappa shape index (κ3) is 2.45. The summed E-state index contributed by atoms with van der Waals surface area (Å²) < 4.78 is 0. The molecule has 1 saturated heterocycles. The number of hydrogen-bond acceptors (Lipinski definition) is 2. The Hall–Kier alpha value is -3.40. The molecule has 0 aromatic heterocycles. The number of carbonyl (C=O) groups is 2. The molecule has 2 amide bonds. The van der Waals surface area contributed by atoms with Crippen molar-refractivity contribution in [2.45, 2.75) is 19.0 Å². The van der Waals surface area contributed by atoms with E-state index in [-0.39, 0.29) is 11.8 Å². The number of nitrogens with zero attached hydrogens (tertiary/aromatic N) is 2. The van der Waals surface area contributed by atoms with Crippen LogP contribution < -0.4 is 0 Å². The molecule has 3 aromatic carbocycles. The maximum absolute atomic E-state index is 13.7. The molecule has 3 aromatic rings. The van der Waals surface area contributed by atoms with Gasteiger partial charge in [-0.15, -0.1) is 0 Å². The van der Waals surface area contributed by atoms with Crippen LogP contribution in [0, 0.1) is 6.92 Å². The first-order valence-electron chi connectivity index (χ1n) is 9.99. The van der Waals surface area contributed by atoms with Crippen LogP contribution in [0.3, 0.4) is 0 Å². The second kappa shape index (κ2) is 6.59. The minimum atomic E-state index is -0.908. The molecule has 2 aliphatic heterocycles. The summed E-state index contributed by atoms with van der Waals surface area (Å²) in [4.78, 5) is 30.9. The number of amides is 2. The van der Waals surface area contributed by atoms with Gasteiger partial charge in [0.05, 0.1) is 0 Å². The molecule has 0 spiro atoms. The van der Waals surface area contributed by atoms with E-state index in [1.807, 2.05) is 95.6 Å². The standard InChI is InChI=1S/C25H22N2O2/c1-18-12-14-19(15-13-18)23(28)26-16-7-17-27-24(29)21-10-5-6-11-22(21)25(26,27)20-8-3-2-4-9-20/h2-6,8-15H,7,16-17H2,1H3/t25-/m0/s1. The lowest BCUT2D eigenvalue weighted by molar-refractivity contribution is -0.0248. The molecule has 4 nitrogen and oxygen atoms in total. The van der Waals surface area contributed by atoms with E-state index in [1.54, 1.807) is 0 Å². The Kier molecular flexibility index (Phi) is 4.02. The maximum atomic E-state index is 13.7. The fourth-order valence-corrected chi connectivity index (χ4v) is 4.75. The molecule has 4 heteroatoms. The van der Waals surface area contributed by atoms with Gasteiger partial charge in [-0.05, 0) is 31.5 Å². The topological polar surface area (TPSA) is 40.6 Å². The minimum absolute atomic E-state index is 0.00846. The highest BCUT2D eigenvalue weighted by Crippen LogP contribution is 2.49. The molecule has 0 unspecified atom stereocenters. The molecular formula is C25H22N2O2. The molecule has 29 heavy (non-hydrogen) atoms. The van der Waals surface area contributed by atoms with Crippen molar-refractivity contribution in [1.82, 2.24) is 9.80 Å². The van der Waals surface area contributed by atoms with Gasteiger partial charge in [0.15, 0.2) is 5.66 Å². The molecule has 0 radical (unpaired) electrons. The Labute approximate surface area is 170 Å². The van der Waals surface area contributed by atoms with Gasteiger partial charge in [-0.25, -0.2) is 0 Å². The van der Waals surface area contributed by atoms with Gasteiger partial charge >= 0.3 is 0 Å². The second-order valence-electron chi connectivity index (χ2n) is 7.72. The molecule has 0 saturated carbocycles. The van der Waals surface area contributed by atoms with Gasteiger partial charge in [-0.2, -0.15) is 0 Å². The van der Waals surface area contributed by atoms with E-state index in [1.165, 1.54) is 0 Å². The summed E-state index contributed by atoms with van der Waals surface area (Å²) in [6, 6.07) is 25.3. The van der Waals surface area contributed by atoms with Crippen molar-refractivity contribution < 1.29 is 9.59 Å². The Balaban J connectivity index is 1.76. The fourth-order valence-electron chi connectivity index (χ4n) is 4.75. The van der Waals surface area contributed by atoms with Crippen LogP contribution in [0.1, 0.15) is 43.8 Å². The second-order valence-corrected chi connectivity index (χ2v) is 7.72. The average molecular weight is 382 g/mol. The molecule has 5 rings (SSSR count). The summed E-state index contributed by atoms with van der Waals surface area (Å²) in [7, 11) is 0. The zero-order valence-electron chi connectivity index (χ0n) is 16.3. The Morgan fingerprint density at radius 3 is 2.31 bits per heavy atom. The van der Waals surface area contributed by atoms with Crippen LogP contribution in [0.5, 0.6) is 0 Å². The number of aryl methyl sites for hydroxylation is 1.